The number of aliphatic hydroxyl groups excluding tert-OH is 1. The quantitative estimate of drug-likeness (QED) is 0.0491. The van der Waals surface area contributed by atoms with E-state index in [1.54, 1.807) is 0 Å². The van der Waals surface area contributed by atoms with Gasteiger partial charge in [-0.15, -0.1) is 0 Å². The Morgan fingerprint density at radius 1 is 0.339 bits per heavy atom. The van der Waals surface area contributed by atoms with Crippen LogP contribution in [0.4, 0.5) is 0 Å². The fourth-order valence-electron chi connectivity index (χ4n) is 8.03. The first kappa shape index (κ1) is 54.9. The summed E-state index contributed by atoms with van der Waals surface area (Å²) >= 11 is 0. The smallest absolute Gasteiger partial charge is 0.306 e. The van der Waals surface area contributed by atoms with E-state index in [2.05, 4.69) is 13.8 Å². The number of hydrogen-bond donors (Lipinski definition) is 1. The molecule has 56 heavy (non-hydrogen) atoms. The second kappa shape index (κ2) is 48.3. The van der Waals surface area contributed by atoms with E-state index in [9.17, 15) is 14.7 Å². The minimum absolute atomic E-state index is 0.0568. The lowest BCUT2D eigenvalue weighted by molar-refractivity contribution is -0.161. The lowest BCUT2D eigenvalue weighted by Crippen LogP contribution is -2.28. The van der Waals surface area contributed by atoms with Crippen LogP contribution in [0.25, 0.3) is 0 Å². The largest absolute Gasteiger partial charge is 0.462 e. The molecule has 0 radical (unpaired) electrons. The summed E-state index contributed by atoms with van der Waals surface area (Å²) in [6, 6.07) is 0. The summed E-state index contributed by atoms with van der Waals surface area (Å²) in [5.74, 6) is -0.572. The number of esters is 2. The van der Waals surface area contributed by atoms with Gasteiger partial charge in [-0.1, -0.05) is 271 Å². The summed E-state index contributed by atoms with van der Waals surface area (Å²) in [5, 5.41) is 9.58. The van der Waals surface area contributed by atoms with Crippen molar-refractivity contribution < 1.29 is 24.2 Å². The maximum absolute atomic E-state index is 12.2. The fourth-order valence-corrected chi connectivity index (χ4v) is 8.03. The van der Waals surface area contributed by atoms with Crippen molar-refractivity contribution >= 4 is 11.9 Å². The molecule has 0 spiro atoms. The van der Waals surface area contributed by atoms with E-state index in [1.165, 1.54) is 238 Å². The Morgan fingerprint density at radius 3 is 0.786 bits per heavy atom. The van der Waals surface area contributed by atoms with Crippen LogP contribution >= 0.6 is 0 Å². The molecule has 0 saturated carbocycles. The van der Waals surface area contributed by atoms with Crippen LogP contribution in [-0.4, -0.2) is 36.4 Å². The van der Waals surface area contributed by atoms with Crippen LogP contribution in [0.1, 0.15) is 296 Å². The van der Waals surface area contributed by atoms with Crippen molar-refractivity contribution in [1.82, 2.24) is 0 Å². The van der Waals surface area contributed by atoms with E-state index in [0.717, 1.165) is 32.1 Å². The van der Waals surface area contributed by atoms with Crippen LogP contribution in [0.5, 0.6) is 0 Å². The van der Waals surface area contributed by atoms with Crippen molar-refractivity contribution in [3.63, 3.8) is 0 Å². The molecule has 0 amide bonds. The zero-order valence-electron chi connectivity index (χ0n) is 38.2. The number of carbonyl (C=O) groups excluding carboxylic acids is 2. The molecular formula is C51H100O5. The minimum atomic E-state index is -0.762. The summed E-state index contributed by atoms with van der Waals surface area (Å²) in [6.07, 6.45) is 56.5. The number of rotatable bonds is 48. The molecule has 1 atom stereocenters. The summed E-state index contributed by atoms with van der Waals surface area (Å²) in [5.41, 5.74) is 0. The Labute approximate surface area is 350 Å². The standard InChI is InChI=1S/C51H100O5/c1-3-5-7-9-11-13-15-16-17-18-19-20-21-22-23-24-25-26-27-28-29-30-31-32-33-34-36-38-40-42-44-46-51(54)56-49(47-52)48-55-50(53)45-43-41-39-37-35-14-12-10-8-6-4-2/h49,52H,3-48H2,1-2H3. The zero-order valence-corrected chi connectivity index (χ0v) is 38.2. The molecule has 1 N–H and O–H groups in total. The third kappa shape index (κ3) is 45.6. The first-order chi connectivity index (χ1) is 27.6. The van der Waals surface area contributed by atoms with Gasteiger partial charge in [0.15, 0.2) is 6.10 Å². The molecule has 0 aromatic heterocycles. The van der Waals surface area contributed by atoms with E-state index < -0.39 is 6.10 Å². The van der Waals surface area contributed by atoms with Crippen molar-refractivity contribution in [1.29, 1.82) is 0 Å². The van der Waals surface area contributed by atoms with Gasteiger partial charge in [-0.05, 0) is 12.8 Å². The van der Waals surface area contributed by atoms with Crippen molar-refractivity contribution in [2.24, 2.45) is 0 Å². The normalized spacial score (nSPS) is 12.0. The Bertz CT molecular complexity index is 769. The van der Waals surface area contributed by atoms with Gasteiger partial charge in [-0.25, -0.2) is 0 Å². The zero-order chi connectivity index (χ0) is 40.7. The van der Waals surface area contributed by atoms with Gasteiger partial charge in [0.1, 0.15) is 6.61 Å². The second-order valence-electron chi connectivity index (χ2n) is 17.6. The van der Waals surface area contributed by atoms with Gasteiger partial charge in [0.2, 0.25) is 0 Å². The van der Waals surface area contributed by atoms with Gasteiger partial charge >= 0.3 is 11.9 Å². The van der Waals surface area contributed by atoms with Crippen molar-refractivity contribution in [2.75, 3.05) is 13.2 Å². The molecule has 0 heterocycles. The monoisotopic (exact) mass is 793 g/mol. The van der Waals surface area contributed by atoms with Crippen molar-refractivity contribution in [2.45, 2.75) is 302 Å². The molecule has 0 fully saturated rings. The molecule has 0 aliphatic carbocycles. The lowest BCUT2D eigenvalue weighted by Gasteiger charge is -2.15. The second-order valence-corrected chi connectivity index (χ2v) is 17.6. The summed E-state index contributed by atoms with van der Waals surface area (Å²) in [6.45, 7) is 4.17. The van der Waals surface area contributed by atoms with Crippen LogP contribution in [0.2, 0.25) is 0 Å². The maximum Gasteiger partial charge on any atom is 0.306 e. The highest BCUT2D eigenvalue weighted by molar-refractivity contribution is 5.70. The molecule has 1 unspecified atom stereocenters. The molecule has 0 aromatic rings. The van der Waals surface area contributed by atoms with Gasteiger partial charge in [0.25, 0.3) is 0 Å². The van der Waals surface area contributed by atoms with E-state index in [0.29, 0.717) is 12.8 Å². The topological polar surface area (TPSA) is 72.8 Å². The number of aliphatic hydroxyl groups is 1. The number of carbonyl (C=O) groups is 2. The Morgan fingerprint density at radius 2 is 0.554 bits per heavy atom. The molecule has 5 nitrogen and oxygen atoms in total. The van der Waals surface area contributed by atoms with Gasteiger partial charge in [-0.3, -0.25) is 9.59 Å². The molecule has 334 valence electrons. The molecular weight excluding hydrogens is 693 g/mol. The fraction of sp³-hybridized carbons (Fsp3) is 0.961. The van der Waals surface area contributed by atoms with Crippen molar-refractivity contribution in [3.05, 3.63) is 0 Å². The summed E-state index contributed by atoms with van der Waals surface area (Å²) < 4.78 is 10.6. The Kier molecular flexibility index (Phi) is 47.3. The van der Waals surface area contributed by atoms with Crippen molar-refractivity contribution in [3.8, 4) is 0 Å². The van der Waals surface area contributed by atoms with Crippen LogP contribution < -0.4 is 0 Å². The molecule has 5 heteroatoms. The Balaban J connectivity index is 3.35. The SMILES string of the molecule is CCCCCCCCCCCCCCCCCCCCCCCCCCCCCCCCCC(=O)OC(CO)COC(=O)CCCCCCCCCCCCC. The van der Waals surface area contributed by atoms with Crippen LogP contribution in [-0.2, 0) is 19.1 Å². The molecule has 0 saturated heterocycles. The first-order valence-electron chi connectivity index (χ1n) is 25.6. The van der Waals surface area contributed by atoms with Gasteiger partial charge < -0.3 is 14.6 Å². The Hall–Kier alpha value is -1.10. The summed E-state index contributed by atoms with van der Waals surface area (Å²) in [7, 11) is 0. The molecule has 0 aliphatic rings. The molecule has 0 aliphatic heterocycles. The van der Waals surface area contributed by atoms with E-state index >= 15 is 0 Å². The van der Waals surface area contributed by atoms with Gasteiger partial charge in [0.05, 0.1) is 6.61 Å². The lowest BCUT2D eigenvalue weighted by atomic mass is 10.0. The predicted molar refractivity (Wildman–Crippen MR) is 242 cm³/mol. The predicted octanol–water partition coefficient (Wildman–Crippen LogP) is 16.6. The highest BCUT2D eigenvalue weighted by Gasteiger charge is 2.16. The van der Waals surface area contributed by atoms with Crippen LogP contribution in [0.3, 0.4) is 0 Å². The first-order valence-corrected chi connectivity index (χ1v) is 25.6. The minimum Gasteiger partial charge on any atom is -0.462 e. The average Bonchev–Trinajstić information content (AvgIpc) is 3.20. The maximum atomic E-state index is 12.2. The third-order valence-corrected chi connectivity index (χ3v) is 11.9. The van der Waals surface area contributed by atoms with Gasteiger partial charge in [0, 0.05) is 12.8 Å². The molecule has 0 aromatic carbocycles. The van der Waals surface area contributed by atoms with E-state index in [4.69, 9.17) is 9.47 Å². The number of hydrogen-bond acceptors (Lipinski definition) is 5. The van der Waals surface area contributed by atoms with E-state index in [-0.39, 0.29) is 25.2 Å². The van der Waals surface area contributed by atoms with Crippen LogP contribution in [0, 0.1) is 0 Å². The number of unbranched alkanes of at least 4 members (excludes halogenated alkanes) is 40. The number of ether oxygens (including phenoxy) is 2. The highest BCUT2D eigenvalue weighted by atomic mass is 16.6. The van der Waals surface area contributed by atoms with Crippen LogP contribution in [0.15, 0.2) is 0 Å². The average molecular weight is 793 g/mol. The molecule has 0 rings (SSSR count). The highest BCUT2D eigenvalue weighted by Crippen LogP contribution is 2.18. The van der Waals surface area contributed by atoms with Gasteiger partial charge in [-0.2, -0.15) is 0 Å². The van der Waals surface area contributed by atoms with E-state index in [1.807, 2.05) is 0 Å². The summed E-state index contributed by atoms with van der Waals surface area (Å²) in [4.78, 5) is 24.3. The third-order valence-electron chi connectivity index (χ3n) is 11.9. The molecule has 0 bridgehead atoms.